The van der Waals surface area contributed by atoms with Gasteiger partial charge in [-0.2, -0.15) is 0 Å². The van der Waals surface area contributed by atoms with Crippen molar-refractivity contribution in [2.24, 2.45) is 0 Å². The van der Waals surface area contributed by atoms with E-state index in [1.54, 1.807) is 0 Å². The average Bonchev–Trinajstić information content (AvgIpc) is 2.04. The van der Waals surface area contributed by atoms with Gasteiger partial charge >= 0.3 is 5.97 Å². The summed E-state index contributed by atoms with van der Waals surface area (Å²) >= 11 is 0. The van der Waals surface area contributed by atoms with Crippen LogP contribution in [0.25, 0.3) is 0 Å². The lowest BCUT2D eigenvalue weighted by Gasteiger charge is -1.98. The monoisotopic (exact) mass is 165 g/mol. The maximum absolute atomic E-state index is 10.9. The van der Waals surface area contributed by atoms with Crippen LogP contribution in [0.15, 0.2) is 18.5 Å². The topological polar surface area (TPSA) is 67.3 Å². The van der Waals surface area contributed by atoms with Crippen LogP contribution in [0.4, 0.5) is 0 Å². The quantitative estimate of drug-likeness (QED) is 0.663. The van der Waals surface area contributed by atoms with Crippen molar-refractivity contribution in [1.82, 2.24) is 4.98 Å². The molecular formula is C8H7NO3. The minimum absolute atomic E-state index is 0.00231. The molecule has 0 aliphatic carbocycles. The number of pyridine rings is 1. The number of aromatic nitrogens is 1. The maximum atomic E-state index is 10.9. The van der Waals surface area contributed by atoms with Gasteiger partial charge in [-0.25, -0.2) is 4.79 Å². The van der Waals surface area contributed by atoms with Gasteiger partial charge < -0.3 is 5.11 Å². The van der Waals surface area contributed by atoms with E-state index in [0.717, 1.165) is 0 Å². The molecule has 0 aromatic carbocycles. The van der Waals surface area contributed by atoms with Gasteiger partial charge in [0.1, 0.15) is 0 Å². The number of nitrogens with zero attached hydrogens (tertiary/aromatic N) is 1. The van der Waals surface area contributed by atoms with Gasteiger partial charge in [-0.3, -0.25) is 9.78 Å². The van der Waals surface area contributed by atoms with E-state index in [-0.39, 0.29) is 16.9 Å². The van der Waals surface area contributed by atoms with E-state index < -0.39 is 5.97 Å². The predicted molar refractivity (Wildman–Crippen MR) is 41.2 cm³/mol. The van der Waals surface area contributed by atoms with E-state index in [1.165, 1.54) is 25.4 Å². The SMILES string of the molecule is CC(=O)c1cnccc1C(=O)O. The van der Waals surface area contributed by atoms with Crippen molar-refractivity contribution in [2.75, 3.05) is 0 Å². The molecule has 12 heavy (non-hydrogen) atoms. The molecule has 0 bridgehead atoms. The third-order valence-corrected chi connectivity index (χ3v) is 1.43. The van der Waals surface area contributed by atoms with Crippen LogP contribution in [0.2, 0.25) is 0 Å². The molecule has 0 saturated heterocycles. The summed E-state index contributed by atoms with van der Waals surface area (Å²) in [4.78, 5) is 25.1. The van der Waals surface area contributed by atoms with Crippen molar-refractivity contribution in [1.29, 1.82) is 0 Å². The summed E-state index contributed by atoms with van der Waals surface area (Å²) in [7, 11) is 0. The normalized spacial score (nSPS) is 9.42. The number of ketones is 1. The highest BCUT2D eigenvalue weighted by Gasteiger charge is 2.12. The zero-order chi connectivity index (χ0) is 9.14. The minimum Gasteiger partial charge on any atom is -0.478 e. The van der Waals surface area contributed by atoms with Gasteiger partial charge in [0.15, 0.2) is 5.78 Å². The number of hydrogen-bond acceptors (Lipinski definition) is 3. The molecule has 0 unspecified atom stereocenters. The van der Waals surface area contributed by atoms with Crippen molar-refractivity contribution in [2.45, 2.75) is 6.92 Å². The van der Waals surface area contributed by atoms with E-state index in [0.29, 0.717) is 0 Å². The summed E-state index contributed by atoms with van der Waals surface area (Å²) in [6, 6.07) is 1.30. The summed E-state index contributed by atoms with van der Waals surface area (Å²) in [5.74, 6) is -1.40. The largest absolute Gasteiger partial charge is 0.478 e. The Kier molecular flexibility index (Phi) is 2.19. The van der Waals surface area contributed by atoms with Crippen molar-refractivity contribution in [3.63, 3.8) is 0 Å². The van der Waals surface area contributed by atoms with Crippen LogP contribution in [0.1, 0.15) is 27.6 Å². The first-order valence-corrected chi connectivity index (χ1v) is 3.31. The Morgan fingerprint density at radius 1 is 1.42 bits per heavy atom. The second-order valence-electron chi connectivity index (χ2n) is 2.28. The Bertz CT molecular complexity index is 300. The minimum atomic E-state index is -1.11. The van der Waals surface area contributed by atoms with Gasteiger partial charge in [-0.15, -0.1) is 0 Å². The summed E-state index contributed by atoms with van der Waals surface area (Å²) < 4.78 is 0. The standard InChI is InChI=1S/C8H7NO3/c1-5(10)7-4-9-3-2-6(7)8(11)12/h2-4H,1H3,(H,11,12). The summed E-state index contributed by atoms with van der Waals surface area (Å²) in [6.45, 7) is 1.31. The first-order valence-electron chi connectivity index (χ1n) is 3.31. The molecule has 0 amide bonds. The van der Waals surface area contributed by atoms with Crippen LogP contribution in [-0.4, -0.2) is 21.8 Å². The van der Waals surface area contributed by atoms with Gasteiger partial charge in [0.25, 0.3) is 0 Å². The van der Waals surface area contributed by atoms with Crippen molar-refractivity contribution < 1.29 is 14.7 Å². The lowest BCUT2D eigenvalue weighted by Crippen LogP contribution is -2.06. The highest BCUT2D eigenvalue weighted by molar-refractivity contribution is 6.04. The predicted octanol–water partition coefficient (Wildman–Crippen LogP) is 0.982. The average molecular weight is 165 g/mol. The van der Waals surface area contributed by atoms with Gasteiger partial charge in [-0.1, -0.05) is 0 Å². The molecule has 1 N–H and O–H groups in total. The molecular weight excluding hydrogens is 158 g/mol. The van der Waals surface area contributed by atoms with E-state index in [1.807, 2.05) is 0 Å². The van der Waals surface area contributed by atoms with Crippen LogP contribution < -0.4 is 0 Å². The zero-order valence-corrected chi connectivity index (χ0v) is 6.44. The summed E-state index contributed by atoms with van der Waals surface area (Å²) in [5, 5.41) is 8.63. The number of Topliss-reactive ketones (excluding diaryl/α,β-unsaturated/α-hetero) is 1. The molecule has 1 aromatic rings. The van der Waals surface area contributed by atoms with Gasteiger partial charge in [0, 0.05) is 12.4 Å². The Morgan fingerprint density at radius 2 is 2.08 bits per heavy atom. The fraction of sp³-hybridized carbons (Fsp3) is 0.125. The fourth-order valence-corrected chi connectivity index (χ4v) is 0.862. The number of hydrogen-bond donors (Lipinski definition) is 1. The van der Waals surface area contributed by atoms with E-state index in [2.05, 4.69) is 4.98 Å². The molecule has 62 valence electrons. The molecule has 0 fully saturated rings. The number of carboxylic acid groups (broad SMARTS) is 1. The van der Waals surface area contributed by atoms with Crippen molar-refractivity contribution >= 4 is 11.8 Å². The second-order valence-corrected chi connectivity index (χ2v) is 2.28. The zero-order valence-electron chi connectivity index (χ0n) is 6.44. The van der Waals surface area contributed by atoms with Crippen LogP contribution in [0.3, 0.4) is 0 Å². The third-order valence-electron chi connectivity index (χ3n) is 1.43. The molecule has 4 heteroatoms. The van der Waals surface area contributed by atoms with Crippen molar-refractivity contribution in [3.05, 3.63) is 29.6 Å². The molecule has 0 radical (unpaired) electrons. The number of aromatic carboxylic acids is 1. The van der Waals surface area contributed by atoms with Crippen LogP contribution in [0, 0.1) is 0 Å². The number of rotatable bonds is 2. The molecule has 0 saturated carbocycles. The lowest BCUT2D eigenvalue weighted by molar-refractivity contribution is 0.0692. The van der Waals surface area contributed by atoms with Crippen LogP contribution in [0.5, 0.6) is 0 Å². The summed E-state index contributed by atoms with van der Waals surface area (Å²) in [5.41, 5.74) is 0.141. The van der Waals surface area contributed by atoms with Gasteiger partial charge in [0.2, 0.25) is 0 Å². The Balaban J connectivity index is 3.27. The van der Waals surface area contributed by atoms with Crippen molar-refractivity contribution in [3.8, 4) is 0 Å². The smallest absolute Gasteiger partial charge is 0.336 e. The first-order chi connectivity index (χ1) is 5.63. The summed E-state index contributed by atoms with van der Waals surface area (Å²) in [6.07, 6.45) is 2.60. The molecule has 0 aliphatic rings. The third kappa shape index (κ3) is 1.47. The molecule has 0 atom stereocenters. The Labute approximate surface area is 68.9 Å². The number of carboxylic acids is 1. The first kappa shape index (κ1) is 8.39. The highest BCUT2D eigenvalue weighted by Crippen LogP contribution is 2.06. The van der Waals surface area contributed by atoms with Gasteiger partial charge in [-0.05, 0) is 13.0 Å². The van der Waals surface area contributed by atoms with Gasteiger partial charge in [0.05, 0.1) is 11.1 Å². The van der Waals surface area contributed by atoms with Crippen LogP contribution >= 0.6 is 0 Å². The Morgan fingerprint density at radius 3 is 2.50 bits per heavy atom. The number of carbonyl (C=O) groups excluding carboxylic acids is 1. The molecule has 0 aliphatic heterocycles. The maximum Gasteiger partial charge on any atom is 0.336 e. The van der Waals surface area contributed by atoms with E-state index >= 15 is 0 Å². The number of carbonyl (C=O) groups is 2. The molecule has 1 heterocycles. The fourth-order valence-electron chi connectivity index (χ4n) is 0.862. The van der Waals surface area contributed by atoms with E-state index in [4.69, 9.17) is 5.11 Å². The molecule has 1 rings (SSSR count). The lowest BCUT2D eigenvalue weighted by atomic mass is 10.1. The second kappa shape index (κ2) is 3.13. The highest BCUT2D eigenvalue weighted by atomic mass is 16.4. The Hall–Kier alpha value is -1.71. The molecule has 1 aromatic heterocycles. The van der Waals surface area contributed by atoms with Crippen LogP contribution in [-0.2, 0) is 0 Å². The molecule has 0 spiro atoms. The molecule has 4 nitrogen and oxygen atoms in total. The van der Waals surface area contributed by atoms with E-state index in [9.17, 15) is 9.59 Å².